The van der Waals surface area contributed by atoms with Crippen LogP contribution in [0, 0.1) is 10.2 Å². The van der Waals surface area contributed by atoms with E-state index in [1.54, 1.807) is 4.57 Å². The van der Waals surface area contributed by atoms with Crippen LogP contribution < -0.4 is 0 Å². The second-order valence-corrected chi connectivity index (χ2v) is 6.49. The summed E-state index contributed by atoms with van der Waals surface area (Å²) < 4.78 is 40.0. The number of aromatic nitrogens is 2. The van der Waals surface area contributed by atoms with E-state index in [2.05, 4.69) is 25.3 Å². The largest absolute Gasteiger partial charge is 0.406 e. The molecule has 0 saturated carbocycles. The maximum Gasteiger partial charge on any atom is 0.406 e. The molecule has 0 aromatic carbocycles. The Labute approximate surface area is 120 Å². The van der Waals surface area contributed by atoms with Crippen molar-refractivity contribution in [2.45, 2.75) is 50.1 Å². The van der Waals surface area contributed by atoms with Crippen molar-refractivity contribution in [3.8, 4) is 0 Å². The van der Waals surface area contributed by atoms with Crippen LogP contribution in [0.1, 0.15) is 20.8 Å². The van der Waals surface area contributed by atoms with E-state index in [0.717, 1.165) is 4.57 Å². The lowest BCUT2D eigenvalue weighted by Crippen LogP contribution is -2.19. The molecule has 0 N–H and O–H groups in total. The monoisotopic (exact) mass is 316 g/mol. The van der Waals surface area contributed by atoms with Gasteiger partial charge in [-0.3, -0.25) is 0 Å². The molecule has 0 aliphatic carbocycles. The first-order valence-electron chi connectivity index (χ1n) is 5.20. The van der Waals surface area contributed by atoms with Crippen LogP contribution >= 0.6 is 37.5 Å². The van der Waals surface area contributed by atoms with E-state index in [1.807, 2.05) is 20.8 Å². The average molecular weight is 316 g/mol. The summed E-state index contributed by atoms with van der Waals surface area (Å²) in [5.41, 5.74) is -0.111. The van der Waals surface area contributed by atoms with Crippen LogP contribution in [-0.4, -0.2) is 15.3 Å². The zero-order chi connectivity index (χ0) is 14.3. The van der Waals surface area contributed by atoms with Gasteiger partial charge in [-0.15, -0.1) is 25.3 Å². The summed E-state index contributed by atoms with van der Waals surface area (Å²) in [6.45, 7) is 5.27. The fourth-order valence-corrected chi connectivity index (χ4v) is 2.53. The Hall–Kier alpha value is -0.0800. The van der Waals surface area contributed by atoms with Gasteiger partial charge in [0.25, 0.3) is 0 Å². The number of halogens is 3. The van der Waals surface area contributed by atoms with Crippen molar-refractivity contribution in [2.75, 3.05) is 0 Å². The van der Waals surface area contributed by atoms with Crippen molar-refractivity contribution in [3.05, 3.63) is 4.77 Å². The van der Waals surface area contributed by atoms with E-state index < -0.39 is 12.7 Å². The van der Waals surface area contributed by atoms with Gasteiger partial charge in [-0.25, -0.2) is 0 Å². The third-order valence-electron chi connectivity index (χ3n) is 2.14. The molecule has 0 atom stereocenters. The minimum atomic E-state index is -4.33. The number of thiol groups is 2. The van der Waals surface area contributed by atoms with E-state index in [9.17, 15) is 13.2 Å². The number of rotatable bonds is 2. The SMILES string of the molecule is CC(C)(C)Cn1c(S)c(S)n(CC(F)(F)F)c1=S. The highest BCUT2D eigenvalue weighted by Gasteiger charge is 2.30. The highest BCUT2D eigenvalue weighted by Crippen LogP contribution is 2.28. The molecule has 0 aliphatic heterocycles. The van der Waals surface area contributed by atoms with Crippen molar-refractivity contribution in [3.63, 3.8) is 0 Å². The first-order chi connectivity index (χ1) is 7.92. The zero-order valence-electron chi connectivity index (χ0n) is 10.2. The molecular weight excluding hydrogens is 301 g/mol. The number of alkyl halides is 3. The predicted octanol–water partition coefficient (Wildman–Crippen LogP) is 4.20. The van der Waals surface area contributed by atoms with Gasteiger partial charge < -0.3 is 9.13 Å². The molecule has 2 nitrogen and oxygen atoms in total. The highest BCUT2D eigenvalue weighted by molar-refractivity contribution is 7.83. The molecule has 1 aromatic heterocycles. The lowest BCUT2D eigenvalue weighted by atomic mass is 9.97. The second-order valence-electron chi connectivity index (χ2n) is 5.28. The lowest BCUT2D eigenvalue weighted by molar-refractivity contribution is -0.142. The molecule has 0 bridgehead atoms. The van der Waals surface area contributed by atoms with Crippen molar-refractivity contribution in [1.29, 1.82) is 0 Å². The molecule has 0 aliphatic rings. The molecule has 0 unspecified atom stereocenters. The Morgan fingerprint density at radius 2 is 1.39 bits per heavy atom. The van der Waals surface area contributed by atoms with Gasteiger partial charge in [0.2, 0.25) is 0 Å². The number of hydrogen-bond acceptors (Lipinski definition) is 3. The Morgan fingerprint density at radius 3 is 1.72 bits per heavy atom. The van der Waals surface area contributed by atoms with E-state index in [0.29, 0.717) is 11.6 Å². The Kier molecular flexibility index (Phi) is 4.55. The van der Waals surface area contributed by atoms with Crippen molar-refractivity contribution in [2.24, 2.45) is 5.41 Å². The number of hydrogen-bond donors (Lipinski definition) is 2. The van der Waals surface area contributed by atoms with Gasteiger partial charge in [0, 0.05) is 6.54 Å². The van der Waals surface area contributed by atoms with Gasteiger partial charge >= 0.3 is 6.18 Å². The molecule has 1 aromatic rings. The zero-order valence-corrected chi connectivity index (χ0v) is 12.9. The molecule has 1 heterocycles. The summed E-state index contributed by atoms with van der Waals surface area (Å²) in [6, 6.07) is 0. The highest BCUT2D eigenvalue weighted by atomic mass is 32.1. The number of nitrogens with zero attached hydrogens (tertiary/aromatic N) is 2. The van der Waals surface area contributed by atoms with Crippen molar-refractivity contribution in [1.82, 2.24) is 9.13 Å². The van der Waals surface area contributed by atoms with Crippen LogP contribution in [0.2, 0.25) is 0 Å². The summed E-state index contributed by atoms with van der Waals surface area (Å²) in [5.74, 6) is 0. The van der Waals surface area contributed by atoms with Crippen LogP contribution in [0.15, 0.2) is 10.1 Å². The third-order valence-corrected chi connectivity index (χ3v) is 3.67. The first kappa shape index (κ1) is 16.0. The molecule has 0 radical (unpaired) electrons. The van der Waals surface area contributed by atoms with Crippen LogP contribution in [0.5, 0.6) is 0 Å². The molecule has 104 valence electrons. The van der Waals surface area contributed by atoms with Crippen molar-refractivity contribution >= 4 is 37.5 Å². The van der Waals surface area contributed by atoms with E-state index in [1.165, 1.54) is 0 Å². The fraction of sp³-hybridized carbons (Fsp3) is 0.700. The Morgan fingerprint density at radius 1 is 1.00 bits per heavy atom. The van der Waals surface area contributed by atoms with Crippen LogP contribution in [0.3, 0.4) is 0 Å². The summed E-state index contributed by atoms with van der Waals surface area (Å²) >= 11 is 13.3. The summed E-state index contributed by atoms with van der Waals surface area (Å²) in [7, 11) is 0. The lowest BCUT2D eigenvalue weighted by Gasteiger charge is -2.19. The van der Waals surface area contributed by atoms with Crippen molar-refractivity contribution < 1.29 is 13.2 Å². The molecule has 1 rings (SSSR count). The quantitative estimate of drug-likeness (QED) is 0.614. The average Bonchev–Trinajstić information content (AvgIpc) is 2.31. The van der Waals surface area contributed by atoms with Crippen LogP contribution in [0.25, 0.3) is 0 Å². The molecule has 0 spiro atoms. The predicted molar refractivity (Wildman–Crippen MR) is 73.3 cm³/mol. The molecular formula is C10H15F3N2S3. The summed E-state index contributed by atoms with van der Waals surface area (Å²) in [5, 5.41) is 0.507. The topological polar surface area (TPSA) is 9.86 Å². The van der Waals surface area contributed by atoms with Gasteiger partial charge in [0.05, 0.1) is 0 Å². The number of imidazole rings is 1. The Balaban J connectivity index is 3.25. The minimum absolute atomic E-state index is 0.0947. The molecule has 8 heteroatoms. The molecule has 18 heavy (non-hydrogen) atoms. The van der Waals surface area contributed by atoms with Crippen LogP contribution in [-0.2, 0) is 13.1 Å². The summed E-state index contributed by atoms with van der Waals surface area (Å²) in [4.78, 5) is 0. The second kappa shape index (κ2) is 5.13. The van der Waals surface area contributed by atoms with Gasteiger partial charge in [-0.2, -0.15) is 13.2 Å². The van der Waals surface area contributed by atoms with Crippen LogP contribution in [0.4, 0.5) is 13.2 Å². The first-order valence-corrected chi connectivity index (χ1v) is 6.50. The van der Waals surface area contributed by atoms with E-state index >= 15 is 0 Å². The fourth-order valence-electron chi connectivity index (χ4n) is 1.51. The van der Waals surface area contributed by atoms with Gasteiger partial charge in [-0.1, -0.05) is 20.8 Å². The molecule has 0 saturated heterocycles. The minimum Gasteiger partial charge on any atom is -0.311 e. The van der Waals surface area contributed by atoms with E-state index in [4.69, 9.17) is 12.2 Å². The van der Waals surface area contributed by atoms with E-state index in [-0.39, 0.29) is 15.2 Å². The summed E-state index contributed by atoms with van der Waals surface area (Å²) in [6.07, 6.45) is -4.33. The molecule has 0 amide bonds. The Bertz CT molecular complexity index is 452. The van der Waals surface area contributed by atoms with Gasteiger partial charge in [0.1, 0.15) is 16.6 Å². The maximum absolute atomic E-state index is 12.4. The standard InChI is InChI=1S/C10H15F3N2S3/c1-9(2,3)4-14-6(16)7(17)15(8(14)18)5-10(11,12)13/h16-17H,4-5H2,1-3H3. The smallest absolute Gasteiger partial charge is 0.311 e. The maximum atomic E-state index is 12.4. The normalized spacial score (nSPS) is 13.1. The molecule has 0 fully saturated rings. The third kappa shape index (κ3) is 3.96. The van der Waals surface area contributed by atoms with Gasteiger partial charge in [-0.05, 0) is 17.6 Å². The van der Waals surface area contributed by atoms with Gasteiger partial charge in [0.15, 0.2) is 4.77 Å².